The number of sulfonamides is 1. The lowest BCUT2D eigenvalue weighted by atomic mass is 10.1. The first kappa shape index (κ1) is 19.0. The van der Waals surface area contributed by atoms with Gasteiger partial charge in [-0.3, -0.25) is 9.10 Å². The van der Waals surface area contributed by atoms with Crippen LogP contribution in [-0.2, 0) is 21.2 Å². The van der Waals surface area contributed by atoms with E-state index in [0.717, 1.165) is 9.87 Å². The quantitative estimate of drug-likeness (QED) is 0.780. The molecule has 3 rings (SSSR count). The van der Waals surface area contributed by atoms with E-state index in [1.165, 1.54) is 12.1 Å². The number of carbonyl (C=O) groups excluding carboxylic acids is 1. The number of amides is 1. The summed E-state index contributed by atoms with van der Waals surface area (Å²) in [5.41, 5.74) is 6.72. The lowest BCUT2D eigenvalue weighted by molar-refractivity contribution is -0.118. The van der Waals surface area contributed by atoms with Crippen molar-refractivity contribution in [3.8, 4) is 11.5 Å². The molecular formula is C19H22N2O5S. The average Bonchev–Trinajstić information content (AvgIpc) is 3.04. The molecule has 0 spiro atoms. The van der Waals surface area contributed by atoms with Gasteiger partial charge < -0.3 is 15.2 Å². The SMILES string of the molecule is CCOc1ccc(S(=O)(=O)N2c3ccccc3C[C@H]2C(N)=O)cc1OCC. The van der Waals surface area contributed by atoms with Gasteiger partial charge in [0.05, 0.1) is 23.8 Å². The highest BCUT2D eigenvalue weighted by Gasteiger charge is 2.41. The molecule has 144 valence electrons. The summed E-state index contributed by atoms with van der Waals surface area (Å²) in [6.07, 6.45) is 0.250. The van der Waals surface area contributed by atoms with Crippen molar-refractivity contribution in [1.29, 1.82) is 0 Å². The number of ether oxygens (including phenoxy) is 2. The Labute approximate surface area is 158 Å². The Morgan fingerprint density at radius 3 is 2.44 bits per heavy atom. The van der Waals surface area contributed by atoms with Crippen molar-refractivity contribution in [2.45, 2.75) is 31.2 Å². The molecule has 2 N–H and O–H groups in total. The molecule has 1 heterocycles. The molecule has 0 aliphatic carbocycles. The number of rotatable bonds is 7. The van der Waals surface area contributed by atoms with Crippen molar-refractivity contribution >= 4 is 21.6 Å². The Bertz CT molecular complexity index is 958. The molecule has 1 aliphatic rings. The number of primary amides is 1. The van der Waals surface area contributed by atoms with E-state index in [4.69, 9.17) is 15.2 Å². The summed E-state index contributed by atoms with van der Waals surface area (Å²) in [6, 6.07) is 10.5. The standard InChI is InChI=1S/C19H22N2O5S/c1-3-25-17-10-9-14(12-18(17)26-4-2)27(23,24)21-15-8-6-5-7-13(15)11-16(21)19(20)22/h5-10,12,16H,3-4,11H2,1-2H3,(H2,20,22)/t16-/m0/s1. The van der Waals surface area contributed by atoms with E-state index in [9.17, 15) is 13.2 Å². The summed E-state index contributed by atoms with van der Waals surface area (Å²) in [5, 5.41) is 0. The molecule has 0 unspecified atom stereocenters. The summed E-state index contributed by atoms with van der Waals surface area (Å²) in [4.78, 5) is 12.0. The van der Waals surface area contributed by atoms with Crippen LogP contribution in [0.25, 0.3) is 0 Å². The van der Waals surface area contributed by atoms with Crippen LogP contribution in [0.5, 0.6) is 11.5 Å². The molecule has 1 atom stereocenters. The number of nitrogens with two attached hydrogens (primary N) is 1. The second-order valence-electron chi connectivity index (χ2n) is 6.03. The number of fused-ring (bicyclic) bond motifs is 1. The van der Waals surface area contributed by atoms with Crippen molar-refractivity contribution in [1.82, 2.24) is 0 Å². The summed E-state index contributed by atoms with van der Waals surface area (Å²) in [7, 11) is -4.02. The zero-order chi connectivity index (χ0) is 19.6. The Kier molecular flexibility index (Phi) is 5.27. The van der Waals surface area contributed by atoms with E-state index >= 15 is 0 Å². The van der Waals surface area contributed by atoms with Gasteiger partial charge in [0.1, 0.15) is 6.04 Å². The van der Waals surface area contributed by atoms with E-state index in [0.29, 0.717) is 30.4 Å². The molecule has 0 fully saturated rings. The Morgan fingerprint density at radius 1 is 1.11 bits per heavy atom. The first-order valence-electron chi connectivity index (χ1n) is 8.71. The minimum Gasteiger partial charge on any atom is -0.490 e. The first-order valence-corrected chi connectivity index (χ1v) is 10.2. The van der Waals surface area contributed by atoms with Crippen molar-refractivity contribution in [3.05, 3.63) is 48.0 Å². The van der Waals surface area contributed by atoms with Crippen LogP contribution < -0.4 is 19.5 Å². The summed E-state index contributed by atoms with van der Waals surface area (Å²) in [6.45, 7) is 4.42. The molecular weight excluding hydrogens is 368 g/mol. The monoisotopic (exact) mass is 390 g/mol. The molecule has 2 aromatic rings. The van der Waals surface area contributed by atoms with E-state index in [1.807, 2.05) is 6.92 Å². The molecule has 0 saturated carbocycles. The van der Waals surface area contributed by atoms with E-state index < -0.39 is 22.0 Å². The maximum atomic E-state index is 13.4. The van der Waals surface area contributed by atoms with Gasteiger partial charge in [0.25, 0.3) is 10.0 Å². The van der Waals surface area contributed by atoms with Crippen LogP contribution in [0.15, 0.2) is 47.4 Å². The fraction of sp³-hybridized carbons (Fsp3) is 0.316. The molecule has 1 aliphatic heterocycles. The number of benzene rings is 2. The minimum absolute atomic E-state index is 0.0114. The predicted molar refractivity (Wildman–Crippen MR) is 102 cm³/mol. The number of hydrogen-bond acceptors (Lipinski definition) is 5. The first-order chi connectivity index (χ1) is 12.9. The van der Waals surface area contributed by atoms with Gasteiger partial charge in [-0.1, -0.05) is 18.2 Å². The van der Waals surface area contributed by atoms with Gasteiger partial charge in [0, 0.05) is 12.5 Å². The normalized spacial score (nSPS) is 16.1. The zero-order valence-corrected chi connectivity index (χ0v) is 16.0. The van der Waals surface area contributed by atoms with Gasteiger partial charge in [-0.05, 0) is 37.6 Å². The van der Waals surface area contributed by atoms with Crippen LogP contribution in [0.1, 0.15) is 19.4 Å². The van der Waals surface area contributed by atoms with Gasteiger partial charge in [-0.25, -0.2) is 8.42 Å². The molecule has 7 nitrogen and oxygen atoms in total. The number of para-hydroxylation sites is 1. The molecule has 27 heavy (non-hydrogen) atoms. The third-order valence-electron chi connectivity index (χ3n) is 4.33. The van der Waals surface area contributed by atoms with Crippen LogP contribution in [0.4, 0.5) is 5.69 Å². The third-order valence-corrected chi connectivity index (χ3v) is 6.14. The summed E-state index contributed by atoms with van der Waals surface area (Å²) >= 11 is 0. The number of hydrogen-bond donors (Lipinski definition) is 1. The highest BCUT2D eigenvalue weighted by molar-refractivity contribution is 7.93. The Morgan fingerprint density at radius 2 is 1.78 bits per heavy atom. The molecule has 2 aromatic carbocycles. The molecule has 8 heteroatoms. The van der Waals surface area contributed by atoms with Gasteiger partial charge >= 0.3 is 0 Å². The van der Waals surface area contributed by atoms with Crippen LogP contribution in [0.3, 0.4) is 0 Å². The maximum Gasteiger partial charge on any atom is 0.265 e. The highest BCUT2D eigenvalue weighted by atomic mass is 32.2. The lowest BCUT2D eigenvalue weighted by Gasteiger charge is -2.25. The second kappa shape index (κ2) is 7.48. The van der Waals surface area contributed by atoms with Crippen molar-refractivity contribution < 1.29 is 22.7 Å². The van der Waals surface area contributed by atoms with E-state index in [1.54, 1.807) is 37.3 Å². The van der Waals surface area contributed by atoms with Crippen LogP contribution in [0, 0.1) is 0 Å². The number of carbonyl (C=O) groups is 1. The van der Waals surface area contributed by atoms with Crippen LogP contribution >= 0.6 is 0 Å². The van der Waals surface area contributed by atoms with Gasteiger partial charge in [0.15, 0.2) is 11.5 Å². The molecule has 0 bridgehead atoms. The van der Waals surface area contributed by atoms with Gasteiger partial charge in [0.2, 0.25) is 5.91 Å². The van der Waals surface area contributed by atoms with Gasteiger partial charge in [-0.15, -0.1) is 0 Å². The largest absolute Gasteiger partial charge is 0.490 e. The average molecular weight is 390 g/mol. The Balaban J connectivity index is 2.10. The third kappa shape index (κ3) is 3.44. The second-order valence-corrected chi connectivity index (χ2v) is 7.84. The van der Waals surface area contributed by atoms with Gasteiger partial charge in [-0.2, -0.15) is 0 Å². The van der Waals surface area contributed by atoms with Crippen molar-refractivity contribution in [3.63, 3.8) is 0 Å². The minimum atomic E-state index is -4.02. The smallest absolute Gasteiger partial charge is 0.265 e. The summed E-state index contributed by atoms with van der Waals surface area (Å²) in [5.74, 6) is 0.112. The number of anilines is 1. The molecule has 0 saturated heterocycles. The van der Waals surface area contributed by atoms with Crippen molar-refractivity contribution in [2.75, 3.05) is 17.5 Å². The molecule has 0 radical (unpaired) electrons. The zero-order valence-electron chi connectivity index (χ0n) is 15.2. The highest BCUT2D eigenvalue weighted by Crippen LogP contribution is 2.38. The fourth-order valence-electron chi connectivity index (χ4n) is 3.18. The topological polar surface area (TPSA) is 98.9 Å². The molecule has 1 amide bonds. The number of nitrogens with zero attached hydrogens (tertiary/aromatic N) is 1. The fourth-order valence-corrected chi connectivity index (χ4v) is 4.85. The maximum absolute atomic E-state index is 13.4. The van der Waals surface area contributed by atoms with E-state index in [2.05, 4.69) is 0 Å². The predicted octanol–water partition coefficient (Wildman–Crippen LogP) is 2.09. The van der Waals surface area contributed by atoms with Crippen LogP contribution in [-0.4, -0.2) is 33.6 Å². The van der Waals surface area contributed by atoms with E-state index in [-0.39, 0.29) is 11.3 Å². The summed E-state index contributed by atoms with van der Waals surface area (Å²) < 4.78 is 38.8. The van der Waals surface area contributed by atoms with Crippen molar-refractivity contribution in [2.24, 2.45) is 5.73 Å². The van der Waals surface area contributed by atoms with Crippen LogP contribution in [0.2, 0.25) is 0 Å². The lowest BCUT2D eigenvalue weighted by Crippen LogP contribution is -2.45. The molecule has 0 aromatic heterocycles. The Hall–Kier alpha value is -2.74.